The molecular formula is C25H28ClFN6O4. The first kappa shape index (κ1) is 26.7. The molecule has 3 aromatic rings. The third-order valence-corrected chi connectivity index (χ3v) is 7.01. The Morgan fingerprint density at radius 1 is 1.32 bits per heavy atom. The van der Waals surface area contributed by atoms with Crippen molar-refractivity contribution in [3.8, 4) is 5.75 Å². The van der Waals surface area contributed by atoms with Gasteiger partial charge < -0.3 is 26.2 Å². The highest BCUT2D eigenvalue weighted by Crippen LogP contribution is 2.34. The zero-order valence-electron chi connectivity index (χ0n) is 20.4. The molecule has 1 unspecified atom stereocenters. The van der Waals surface area contributed by atoms with Crippen molar-refractivity contribution < 1.29 is 23.8 Å². The number of hydrogen-bond acceptors (Lipinski definition) is 9. The summed E-state index contributed by atoms with van der Waals surface area (Å²) in [5.41, 5.74) is 5.45. The number of nitrogens with one attached hydrogen (secondary N) is 2. The Morgan fingerprint density at radius 2 is 2.05 bits per heavy atom. The molecule has 10 nitrogen and oxygen atoms in total. The number of anilines is 2. The zero-order chi connectivity index (χ0) is 26.7. The normalized spacial score (nSPS) is 15.9. The number of nitrogens with zero attached hydrogens (tertiary/aromatic N) is 3. The maximum absolute atomic E-state index is 14.5. The molecule has 0 saturated carbocycles. The number of benzene rings is 2. The Hall–Kier alpha value is -3.38. The SMILES string of the molecule is COc1cc2ncnc(Nc3cccc(Cl)c3F)c2cc1CN(C)C(O)C(=O)C1(C(N)=O)CCNCC1. The molecule has 0 radical (unpaired) electrons. The number of likely N-dealkylation sites (N-methyl/N-ethyl adjacent to an activating group) is 1. The van der Waals surface area contributed by atoms with Crippen LogP contribution in [0.1, 0.15) is 18.4 Å². The largest absolute Gasteiger partial charge is 0.496 e. The van der Waals surface area contributed by atoms with E-state index in [1.54, 1.807) is 25.2 Å². The van der Waals surface area contributed by atoms with E-state index in [4.69, 9.17) is 22.1 Å². The van der Waals surface area contributed by atoms with Crippen molar-refractivity contribution in [3.05, 3.63) is 53.1 Å². The summed E-state index contributed by atoms with van der Waals surface area (Å²) < 4.78 is 20.0. The van der Waals surface area contributed by atoms with Crippen molar-refractivity contribution in [3.63, 3.8) is 0 Å². The van der Waals surface area contributed by atoms with Crippen molar-refractivity contribution in [2.45, 2.75) is 25.6 Å². The van der Waals surface area contributed by atoms with Crippen LogP contribution >= 0.6 is 11.6 Å². The second kappa shape index (κ2) is 10.9. The van der Waals surface area contributed by atoms with Crippen LogP contribution in [0.25, 0.3) is 10.9 Å². The third kappa shape index (κ3) is 5.21. The van der Waals surface area contributed by atoms with E-state index < -0.39 is 29.2 Å². The van der Waals surface area contributed by atoms with E-state index in [1.807, 2.05) is 0 Å². The van der Waals surface area contributed by atoms with E-state index in [2.05, 4.69) is 20.6 Å². The minimum Gasteiger partial charge on any atom is -0.496 e. The summed E-state index contributed by atoms with van der Waals surface area (Å²) in [6, 6.07) is 8.01. The predicted molar refractivity (Wildman–Crippen MR) is 137 cm³/mol. The lowest BCUT2D eigenvalue weighted by atomic mass is 9.74. The smallest absolute Gasteiger partial charge is 0.231 e. The maximum Gasteiger partial charge on any atom is 0.231 e. The fraction of sp³-hybridized carbons (Fsp3) is 0.360. The molecular weight excluding hydrogens is 503 g/mol. The van der Waals surface area contributed by atoms with E-state index in [-0.39, 0.29) is 30.1 Å². The molecule has 5 N–H and O–H groups in total. The maximum atomic E-state index is 14.5. The summed E-state index contributed by atoms with van der Waals surface area (Å²) in [5, 5.41) is 17.5. The van der Waals surface area contributed by atoms with Gasteiger partial charge in [0.1, 0.15) is 23.3 Å². The topological polar surface area (TPSA) is 143 Å². The third-order valence-electron chi connectivity index (χ3n) is 6.71. The molecule has 1 saturated heterocycles. The number of carbonyl (C=O) groups is 2. The molecule has 0 spiro atoms. The molecule has 12 heteroatoms. The fourth-order valence-corrected chi connectivity index (χ4v) is 4.71. The van der Waals surface area contributed by atoms with Crippen LogP contribution in [0.2, 0.25) is 5.02 Å². The highest BCUT2D eigenvalue weighted by atomic mass is 35.5. The van der Waals surface area contributed by atoms with Gasteiger partial charge in [0.25, 0.3) is 0 Å². The summed E-state index contributed by atoms with van der Waals surface area (Å²) in [4.78, 5) is 35.4. The highest BCUT2D eigenvalue weighted by molar-refractivity contribution is 6.31. The molecule has 1 aliphatic rings. The fourth-order valence-electron chi connectivity index (χ4n) is 4.54. The number of carbonyl (C=O) groups excluding carboxylic acids is 2. The number of piperidine rings is 1. The summed E-state index contributed by atoms with van der Waals surface area (Å²) in [6.07, 6.45) is 0.203. The summed E-state index contributed by atoms with van der Waals surface area (Å²) in [7, 11) is 3.05. The second-order valence-electron chi connectivity index (χ2n) is 8.98. The van der Waals surface area contributed by atoms with Gasteiger partial charge in [-0.3, -0.25) is 14.5 Å². The van der Waals surface area contributed by atoms with E-state index >= 15 is 0 Å². The highest BCUT2D eigenvalue weighted by Gasteiger charge is 2.48. The minimum absolute atomic E-state index is 0.0338. The average molecular weight is 531 g/mol. The standard InChI is InChI=1S/C25H28ClFN6O4/c1-33(23(35)21(34)25(24(28)36)6-8-29-9-7-25)12-14-10-15-18(11-19(14)37-2)30-13-31-22(15)32-17-5-3-4-16(26)20(17)27/h3-5,10-11,13,23,29,35H,6-9,12H2,1-2H3,(H2,28,36)(H,30,31,32). The van der Waals surface area contributed by atoms with E-state index in [0.717, 1.165) is 0 Å². The molecule has 1 amide bonds. The van der Waals surface area contributed by atoms with Crippen LogP contribution in [-0.4, -0.2) is 65.1 Å². The number of aromatic nitrogens is 2. The van der Waals surface area contributed by atoms with Gasteiger partial charge in [0.15, 0.2) is 17.8 Å². The number of Topliss-reactive ketones (excluding diaryl/α,β-unsaturated/α-hetero) is 1. The summed E-state index contributed by atoms with van der Waals surface area (Å²) in [5.74, 6) is -1.20. The van der Waals surface area contributed by atoms with Crippen molar-refractivity contribution >= 4 is 45.7 Å². The first-order valence-electron chi connectivity index (χ1n) is 11.6. The lowest BCUT2D eigenvalue weighted by molar-refractivity contribution is -0.155. The second-order valence-corrected chi connectivity index (χ2v) is 9.39. The lowest BCUT2D eigenvalue weighted by Gasteiger charge is -2.36. The number of ether oxygens (including phenoxy) is 1. The van der Waals surface area contributed by atoms with E-state index in [1.165, 1.54) is 30.5 Å². The molecule has 4 rings (SSSR count). The number of fused-ring (bicyclic) bond motifs is 1. The van der Waals surface area contributed by atoms with Crippen LogP contribution < -0.4 is 21.1 Å². The molecule has 0 bridgehead atoms. The Labute approximate surface area is 218 Å². The van der Waals surface area contributed by atoms with Crippen LogP contribution in [0.5, 0.6) is 5.75 Å². The number of methoxy groups -OCH3 is 1. The number of aliphatic hydroxyl groups is 1. The molecule has 196 valence electrons. The molecule has 2 heterocycles. The molecule has 1 aliphatic heterocycles. The van der Waals surface area contributed by atoms with Gasteiger partial charge in [-0.1, -0.05) is 17.7 Å². The van der Waals surface area contributed by atoms with E-state index in [0.29, 0.717) is 41.1 Å². The first-order valence-corrected chi connectivity index (χ1v) is 12.0. The average Bonchev–Trinajstić information content (AvgIpc) is 2.90. The zero-order valence-corrected chi connectivity index (χ0v) is 21.2. The van der Waals surface area contributed by atoms with Crippen molar-refractivity contribution in [2.75, 3.05) is 32.6 Å². The van der Waals surface area contributed by atoms with Crippen LogP contribution in [0.3, 0.4) is 0 Å². The van der Waals surface area contributed by atoms with Gasteiger partial charge in [-0.2, -0.15) is 0 Å². The van der Waals surface area contributed by atoms with Crippen molar-refractivity contribution in [1.29, 1.82) is 0 Å². The van der Waals surface area contributed by atoms with E-state index in [9.17, 15) is 19.1 Å². The van der Waals surface area contributed by atoms with Gasteiger partial charge in [0, 0.05) is 23.6 Å². The van der Waals surface area contributed by atoms with Gasteiger partial charge in [-0.25, -0.2) is 14.4 Å². The number of hydrogen-bond donors (Lipinski definition) is 4. The monoisotopic (exact) mass is 530 g/mol. The number of nitrogens with two attached hydrogens (primary N) is 1. The number of amides is 1. The predicted octanol–water partition coefficient (Wildman–Crippen LogP) is 2.35. The minimum atomic E-state index is -1.57. The van der Waals surface area contributed by atoms with Crippen molar-refractivity contribution in [1.82, 2.24) is 20.2 Å². The number of rotatable bonds is 9. The van der Waals surface area contributed by atoms with Crippen LogP contribution in [0.4, 0.5) is 15.9 Å². The Morgan fingerprint density at radius 3 is 2.73 bits per heavy atom. The van der Waals surface area contributed by atoms with Crippen LogP contribution in [0.15, 0.2) is 36.7 Å². The molecule has 1 atom stereocenters. The molecule has 0 aliphatic carbocycles. The van der Waals surface area contributed by atoms with Gasteiger partial charge in [0.2, 0.25) is 5.91 Å². The van der Waals surface area contributed by atoms with Gasteiger partial charge in [0.05, 0.1) is 23.3 Å². The lowest BCUT2D eigenvalue weighted by Crippen LogP contribution is -2.56. The number of halogens is 2. The van der Waals surface area contributed by atoms with Crippen LogP contribution in [0, 0.1) is 11.2 Å². The van der Waals surface area contributed by atoms with Gasteiger partial charge >= 0.3 is 0 Å². The number of primary amides is 1. The van der Waals surface area contributed by atoms with Gasteiger partial charge in [-0.05, 0) is 51.2 Å². The van der Waals surface area contributed by atoms with Gasteiger partial charge in [-0.15, -0.1) is 0 Å². The quantitative estimate of drug-likeness (QED) is 0.242. The first-order chi connectivity index (χ1) is 17.7. The Kier molecular flexibility index (Phi) is 7.88. The summed E-state index contributed by atoms with van der Waals surface area (Å²) in [6.45, 7) is 0.984. The van der Waals surface area contributed by atoms with Crippen LogP contribution in [-0.2, 0) is 16.1 Å². The number of aliphatic hydroxyl groups excluding tert-OH is 1. The Balaban J connectivity index is 1.65. The van der Waals surface area contributed by atoms with Crippen molar-refractivity contribution in [2.24, 2.45) is 11.1 Å². The molecule has 37 heavy (non-hydrogen) atoms. The molecule has 1 aromatic heterocycles. The molecule has 1 fully saturated rings. The molecule has 2 aromatic carbocycles. The Bertz CT molecular complexity index is 1330. The number of ketones is 1. The summed E-state index contributed by atoms with van der Waals surface area (Å²) >= 11 is 5.91.